The summed E-state index contributed by atoms with van der Waals surface area (Å²) in [6, 6.07) is 7.11. The van der Waals surface area contributed by atoms with Crippen molar-refractivity contribution in [3.8, 4) is 0 Å². The SMILES string of the molecule is O=C(Nc1cc(Cl)cc2cccnc12)c1ncn[nH]1. The third kappa shape index (κ3) is 2.25. The van der Waals surface area contributed by atoms with Gasteiger partial charge in [-0.2, -0.15) is 5.10 Å². The Balaban J connectivity index is 2.03. The summed E-state index contributed by atoms with van der Waals surface area (Å²) >= 11 is 6.02. The van der Waals surface area contributed by atoms with Crippen LogP contribution in [-0.4, -0.2) is 26.1 Å². The molecule has 2 aromatic heterocycles. The number of aromatic nitrogens is 4. The summed E-state index contributed by atoms with van der Waals surface area (Å²) in [5.74, 6) is -0.268. The Bertz CT molecular complexity index is 741. The molecule has 0 aliphatic rings. The molecule has 0 atom stereocenters. The highest BCUT2D eigenvalue weighted by Gasteiger charge is 2.12. The molecule has 2 heterocycles. The summed E-state index contributed by atoms with van der Waals surface area (Å²) in [5.41, 5.74) is 1.20. The van der Waals surface area contributed by atoms with E-state index in [1.807, 2.05) is 6.07 Å². The van der Waals surface area contributed by atoms with Gasteiger partial charge in [-0.3, -0.25) is 14.9 Å². The van der Waals surface area contributed by atoms with E-state index < -0.39 is 5.91 Å². The predicted molar refractivity (Wildman–Crippen MR) is 71.1 cm³/mol. The van der Waals surface area contributed by atoms with Gasteiger partial charge < -0.3 is 5.32 Å². The van der Waals surface area contributed by atoms with Crippen LogP contribution in [0.4, 0.5) is 5.69 Å². The number of amides is 1. The number of carbonyl (C=O) groups excluding carboxylic acids is 1. The Labute approximate surface area is 112 Å². The molecular weight excluding hydrogens is 266 g/mol. The van der Waals surface area contributed by atoms with E-state index in [0.717, 1.165) is 5.39 Å². The average molecular weight is 274 g/mol. The number of H-pyrrole nitrogens is 1. The summed E-state index contributed by atoms with van der Waals surface area (Å²) in [6.07, 6.45) is 2.92. The molecule has 0 unspecified atom stereocenters. The lowest BCUT2D eigenvalue weighted by Crippen LogP contribution is -2.14. The summed E-state index contributed by atoms with van der Waals surface area (Å²) < 4.78 is 0. The normalized spacial score (nSPS) is 10.6. The van der Waals surface area contributed by atoms with Gasteiger partial charge in [0.25, 0.3) is 5.91 Å². The molecule has 3 aromatic rings. The predicted octanol–water partition coefficient (Wildman–Crippen LogP) is 2.26. The first kappa shape index (κ1) is 11.6. The van der Waals surface area contributed by atoms with Gasteiger partial charge in [0, 0.05) is 16.6 Å². The van der Waals surface area contributed by atoms with Crippen LogP contribution in [0.15, 0.2) is 36.8 Å². The number of nitrogens with one attached hydrogen (secondary N) is 2. The molecule has 3 rings (SSSR count). The zero-order chi connectivity index (χ0) is 13.2. The summed E-state index contributed by atoms with van der Waals surface area (Å²) in [7, 11) is 0. The maximum Gasteiger partial charge on any atom is 0.293 e. The molecule has 0 aliphatic carbocycles. The van der Waals surface area contributed by atoms with Crippen molar-refractivity contribution < 1.29 is 4.79 Å². The molecule has 6 nitrogen and oxygen atoms in total. The van der Waals surface area contributed by atoms with Crippen LogP contribution in [0.1, 0.15) is 10.6 Å². The number of hydrogen-bond acceptors (Lipinski definition) is 4. The van der Waals surface area contributed by atoms with Crippen LogP contribution in [0.3, 0.4) is 0 Å². The molecule has 0 aliphatic heterocycles. The van der Waals surface area contributed by atoms with Gasteiger partial charge in [0.1, 0.15) is 6.33 Å². The topological polar surface area (TPSA) is 83.6 Å². The maximum absolute atomic E-state index is 11.9. The minimum atomic E-state index is -0.397. The number of fused-ring (bicyclic) bond motifs is 1. The Hall–Kier alpha value is -2.47. The second-order valence-corrected chi connectivity index (χ2v) is 4.25. The highest BCUT2D eigenvalue weighted by atomic mass is 35.5. The Morgan fingerprint density at radius 2 is 2.21 bits per heavy atom. The van der Waals surface area contributed by atoms with Gasteiger partial charge in [0.05, 0.1) is 11.2 Å². The van der Waals surface area contributed by atoms with E-state index in [2.05, 4.69) is 25.5 Å². The first-order valence-corrected chi connectivity index (χ1v) is 5.83. The summed E-state index contributed by atoms with van der Waals surface area (Å²) in [4.78, 5) is 19.9. The van der Waals surface area contributed by atoms with Crippen molar-refractivity contribution in [3.63, 3.8) is 0 Å². The lowest BCUT2D eigenvalue weighted by molar-refractivity contribution is 0.101. The minimum Gasteiger partial charge on any atom is -0.317 e. The molecule has 0 fully saturated rings. The Kier molecular flexibility index (Phi) is 2.85. The smallest absolute Gasteiger partial charge is 0.293 e. The molecule has 2 N–H and O–H groups in total. The second-order valence-electron chi connectivity index (χ2n) is 3.82. The molecule has 0 spiro atoms. The molecule has 94 valence electrons. The van der Waals surface area contributed by atoms with Crippen LogP contribution in [-0.2, 0) is 0 Å². The quantitative estimate of drug-likeness (QED) is 0.750. The summed E-state index contributed by atoms with van der Waals surface area (Å²) in [5, 5.41) is 10.2. The highest BCUT2D eigenvalue weighted by molar-refractivity contribution is 6.32. The monoisotopic (exact) mass is 273 g/mol. The van der Waals surface area contributed by atoms with E-state index in [9.17, 15) is 4.79 Å². The first-order chi connectivity index (χ1) is 9.24. The average Bonchev–Trinajstić information content (AvgIpc) is 2.92. The Morgan fingerprint density at radius 1 is 1.32 bits per heavy atom. The van der Waals surface area contributed by atoms with Gasteiger partial charge >= 0.3 is 0 Å². The fraction of sp³-hybridized carbons (Fsp3) is 0. The van der Waals surface area contributed by atoms with Crippen molar-refractivity contribution in [2.24, 2.45) is 0 Å². The molecule has 0 bridgehead atoms. The molecular formula is C12H8ClN5O. The minimum absolute atomic E-state index is 0.129. The van der Waals surface area contributed by atoms with Gasteiger partial charge in [0.15, 0.2) is 0 Å². The van der Waals surface area contributed by atoms with Crippen molar-refractivity contribution in [3.05, 3.63) is 47.6 Å². The zero-order valence-electron chi connectivity index (χ0n) is 9.59. The van der Waals surface area contributed by atoms with E-state index in [-0.39, 0.29) is 5.82 Å². The van der Waals surface area contributed by atoms with Crippen molar-refractivity contribution in [1.82, 2.24) is 20.2 Å². The molecule has 1 aromatic carbocycles. The van der Waals surface area contributed by atoms with Crippen molar-refractivity contribution in [1.29, 1.82) is 0 Å². The van der Waals surface area contributed by atoms with E-state index >= 15 is 0 Å². The molecule has 0 saturated heterocycles. The highest BCUT2D eigenvalue weighted by Crippen LogP contribution is 2.26. The Morgan fingerprint density at radius 3 is 3.00 bits per heavy atom. The fourth-order valence-corrected chi connectivity index (χ4v) is 1.97. The fourth-order valence-electron chi connectivity index (χ4n) is 1.75. The van der Waals surface area contributed by atoms with Crippen LogP contribution >= 0.6 is 11.6 Å². The van der Waals surface area contributed by atoms with Crippen LogP contribution in [0.2, 0.25) is 5.02 Å². The summed E-state index contributed by atoms with van der Waals surface area (Å²) in [6.45, 7) is 0. The van der Waals surface area contributed by atoms with E-state index in [0.29, 0.717) is 16.2 Å². The number of anilines is 1. The number of rotatable bonds is 2. The van der Waals surface area contributed by atoms with Crippen LogP contribution in [0.25, 0.3) is 10.9 Å². The lowest BCUT2D eigenvalue weighted by Gasteiger charge is -2.07. The van der Waals surface area contributed by atoms with E-state index in [1.54, 1.807) is 24.4 Å². The van der Waals surface area contributed by atoms with Crippen molar-refractivity contribution in [2.75, 3.05) is 5.32 Å². The van der Waals surface area contributed by atoms with Crippen molar-refractivity contribution in [2.45, 2.75) is 0 Å². The number of nitrogens with zero attached hydrogens (tertiary/aromatic N) is 3. The zero-order valence-corrected chi connectivity index (χ0v) is 10.3. The number of benzene rings is 1. The number of pyridine rings is 1. The number of hydrogen-bond donors (Lipinski definition) is 2. The van der Waals surface area contributed by atoms with Crippen LogP contribution in [0, 0.1) is 0 Å². The van der Waals surface area contributed by atoms with Gasteiger partial charge in [-0.1, -0.05) is 17.7 Å². The first-order valence-electron chi connectivity index (χ1n) is 5.45. The van der Waals surface area contributed by atoms with Gasteiger partial charge in [-0.05, 0) is 18.2 Å². The second kappa shape index (κ2) is 4.66. The van der Waals surface area contributed by atoms with Gasteiger partial charge in [-0.15, -0.1) is 0 Å². The van der Waals surface area contributed by atoms with Gasteiger partial charge in [-0.25, -0.2) is 4.98 Å². The van der Waals surface area contributed by atoms with Gasteiger partial charge in [0.2, 0.25) is 5.82 Å². The van der Waals surface area contributed by atoms with Crippen LogP contribution < -0.4 is 5.32 Å². The number of carbonyl (C=O) groups is 1. The molecule has 0 radical (unpaired) electrons. The number of halogens is 1. The van der Waals surface area contributed by atoms with E-state index in [1.165, 1.54) is 6.33 Å². The molecule has 7 heteroatoms. The lowest BCUT2D eigenvalue weighted by atomic mass is 10.2. The standard InChI is InChI=1S/C12H8ClN5O/c13-8-4-7-2-1-3-14-10(7)9(5-8)17-12(19)11-15-6-16-18-11/h1-6H,(H,17,19)(H,15,16,18). The third-order valence-corrected chi connectivity index (χ3v) is 2.77. The van der Waals surface area contributed by atoms with Crippen LogP contribution in [0.5, 0.6) is 0 Å². The molecule has 19 heavy (non-hydrogen) atoms. The van der Waals surface area contributed by atoms with Crippen molar-refractivity contribution >= 4 is 34.1 Å². The maximum atomic E-state index is 11.9. The molecule has 1 amide bonds. The third-order valence-electron chi connectivity index (χ3n) is 2.55. The molecule has 0 saturated carbocycles. The largest absolute Gasteiger partial charge is 0.317 e. The number of aromatic amines is 1. The van der Waals surface area contributed by atoms with E-state index in [4.69, 9.17) is 11.6 Å².